The van der Waals surface area contributed by atoms with Gasteiger partial charge in [0.05, 0.1) is 40.9 Å². The van der Waals surface area contributed by atoms with Gasteiger partial charge in [-0.1, -0.05) is 29.3 Å². The van der Waals surface area contributed by atoms with E-state index in [-0.39, 0.29) is 27.0 Å². The largest absolute Gasteiger partial charge is 0.497 e. The zero-order valence-corrected chi connectivity index (χ0v) is 23.3. The van der Waals surface area contributed by atoms with Crippen molar-refractivity contribution in [3.8, 4) is 34.1 Å². The summed E-state index contributed by atoms with van der Waals surface area (Å²) >= 11 is 0.486. The summed E-state index contributed by atoms with van der Waals surface area (Å²) in [6, 6.07) is 21.0. The zero-order chi connectivity index (χ0) is 28.9. The number of ether oxygens (including phenoxy) is 3. The third-order valence-electron chi connectivity index (χ3n) is 5.61. The highest BCUT2D eigenvalue weighted by molar-refractivity contribution is 7.94. The van der Waals surface area contributed by atoms with Crippen molar-refractivity contribution in [1.29, 1.82) is 0 Å². The van der Waals surface area contributed by atoms with Crippen LogP contribution in [0.1, 0.15) is 0 Å². The fourth-order valence-corrected chi connectivity index (χ4v) is 6.26. The van der Waals surface area contributed by atoms with E-state index in [2.05, 4.69) is 9.37 Å². The predicted molar refractivity (Wildman–Crippen MR) is 144 cm³/mol. The topological polar surface area (TPSA) is 155 Å². The molecule has 0 saturated carbocycles. The van der Waals surface area contributed by atoms with Crippen molar-refractivity contribution in [3.63, 3.8) is 0 Å². The smallest absolute Gasteiger partial charge is 0.298 e. The van der Waals surface area contributed by atoms with Gasteiger partial charge in [-0.15, -0.1) is 4.33 Å². The Morgan fingerprint density at radius 3 is 1.75 bits per heavy atom. The van der Waals surface area contributed by atoms with Gasteiger partial charge in [-0.25, -0.2) is 13.7 Å². The first kappa shape index (κ1) is 29.4. The molecule has 0 aliphatic heterocycles. The molecule has 0 heterocycles. The summed E-state index contributed by atoms with van der Waals surface area (Å²) in [5, 5.41) is 12.0. The first-order chi connectivity index (χ1) is 19.1. The monoisotopic (exact) mass is 606 g/mol. The Labute approximate surface area is 234 Å². The lowest BCUT2D eigenvalue weighted by atomic mass is 10.1. The Kier molecular flexibility index (Phi) is 9.00. The van der Waals surface area contributed by atoms with Crippen molar-refractivity contribution in [2.75, 3.05) is 14.2 Å². The molecular weight excluding hydrogens is 584 g/mol. The summed E-state index contributed by atoms with van der Waals surface area (Å²) in [4.78, 5) is -1.28. The molecule has 14 heteroatoms. The molecule has 2 N–H and O–H groups in total. The van der Waals surface area contributed by atoms with Gasteiger partial charge in [0.1, 0.15) is 27.9 Å². The average Bonchev–Trinajstić information content (AvgIpc) is 2.96. The van der Waals surface area contributed by atoms with Crippen molar-refractivity contribution in [3.05, 3.63) is 84.9 Å². The molecule has 0 unspecified atom stereocenters. The lowest BCUT2D eigenvalue weighted by molar-refractivity contribution is -0.432. The van der Waals surface area contributed by atoms with Crippen LogP contribution in [-0.4, -0.2) is 40.9 Å². The van der Waals surface area contributed by atoms with E-state index < -0.39 is 29.7 Å². The van der Waals surface area contributed by atoms with Crippen molar-refractivity contribution < 1.29 is 50.2 Å². The lowest BCUT2D eigenvalue weighted by Gasteiger charge is -2.13. The molecule has 4 rings (SSSR count). The molecule has 4 aromatic rings. The van der Waals surface area contributed by atoms with Crippen LogP contribution in [-0.2, 0) is 29.3 Å². The Morgan fingerprint density at radius 2 is 1.23 bits per heavy atom. The Hall–Kier alpha value is -3.63. The summed E-state index contributed by atoms with van der Waals surface area (Å²) in [7, 11) is -6.27. The SMILES string of the molecule is COc1ccc(-c2ccc(Oc3ccc(S(=O)(=O)c4ccc(OC)c(SOOO)c4)cc3S(=O)(=O)O)cc2)cc1. The second kappa shape index (κ2) is 12.3. The third-order valence-corrected chi connectivity index (χ3v) is 8.86. The van der Waals surface area contributed by atoms with Crippen LogP contribution < -0.4 is 14.2 Å². The van der Waals surface area contributed by atoms with E-state index in [0.29, 0.717) is 17.8 Å². The normalized spacial score (nSPS) is 11.7. The van der Waals surface area contributed by atoms with Gasteiger partial charge in [0.25, 0.3) is 10.1 Å². The summed E-state index contributed by atoms with van der Waals surface area (Å²) in [5.41, 5.74) is 1.77. The van der Waals surface area contributed by atoms with Crippen LogP contribution in [0.15, 0.2) is 105 Å². The minimum atomic E-state index is -4.90. The van der Waals surface area contributed by atoms with Gasteiger partial charge >= 0.3 is 0 Å². The van der Waals surface area contributed by atoms with Crippen LogP contribution in [0.2, 0.25) is 0 Å². The molecule has 0 saturated heterocycles. The average molecular weight is 607 g/mol. The van der Waals surface area contributed by atoms with Gasteiger partial charge < -0.3 is 14.2 Å². The maximum atomic E-state index is 13.3. The number of sulfone groups is 1. The number of rotatable bonds is 11. The summed E-state index contributed by atoms with van der Waals surface area (Å²) in [5.74, 6) is 0.906. The van der Waals surface area contributed by atoms with Crippen molar-refractivity contribution in [1.82, 2.24) is 0 Å². The highest BCUT2D eigenvalue weighted by Crippen LogP contribution is 2.37. The fourth-order valence-electron chi connectivity index (χ4n) is 3.64. The molecular formula is C26H22O11S3. The summed E-state index contributed by atoms with van der Waals surface area (Å²) in [6.45, 7) is 0. The van der Waals surface area contributed by atoms with Gasteiger partial charge in [-0.2, -0.15) is 8.42 Å². The van der Waals surface area contributed by atoms with Crippen molar-refractivity contribution >= 4 is 32.0 Å². The van der Waals surface area contributed by atoms with E-state index in [1.807, 2.05) is 24.3 Å². The molecule has 0 aromatic heterocycles. The molecule has 0 fully saturated rings. The van der Waals surface area contributed by atoms with Crippen LogP contribution >= 0.6 is 12.0 Å². The van der Waals surface area contributed by atoms with Gasteiger partial charge in [0, 0.05) is 0 Å². The molecule has 40 heavy (non-hydrogen) atoms. The summed E-state index contributed by atoms with van der Waals surface area (Å²) in [6.07, 6.45) is 0. The fraction of sp³-hybridized carbons (Fsp3) is 0.0769. The highest BCUT2D eigenvalue weighted by Gasteiger charge is 2.25. The van der Waals surface area contributed by atoms with Crippen LogP contribution in [0.5, 0.6) is 23.0 Å². The summed E-state index contributed by atoms with van der Waals surface area (Å²) < 4.78 is 81.3. The molecule has 0 radical (unpaired) electrons. The van der Waals surface area contributed by atoms with E-state index in [9.17, 15) is 21.4 Å². The molecule has 210 valence electrons. The zero-order valence-electron chi connectivity index (χ0n) is 20.9. The Balaban J connectivity index is 1.65. The van der Waals surface area contributed by atoms with E-state index in [1.54, 1.807) is 31.4 Å². The minimum Gasteiger partial charge on any atom is -0.497 e. The Bertz CT molecular complexity index is 1700. The maximum absolute atomic E-state index is 13.3. The van der Waals surface area contributed by atoms with Gasteiger partial charge in [-0.05, 0) is 71.8 Å². The van der Waals surface area contributed by atoms with Crippen LogP contribution in [0.3, 0.4) is 0 Å². The molecule has 0 amide bonds. The predicted octanol–water partition coefficient (Wildman–Crippen LogP) is 5.67. The number of hydrogen-bond donors (Lipinski definition) is 2. The van der Waals surface area contributed by atoms with E-state index in [0.717, 1.165) is 29.3 Å². The molecule has 0 atom stereocenters. The van der Waals surface area contributed by atoms with Gasteiger partial charge in [0.2, 0.25) is 9.84 Å². The standard InChI is InChI=1S/C26H22O11S3/c1-33-19-7-3-17(4-8-19)18-5-9-20(10-6-18)35-24-14-12-22(16-26(24)40(30,31)32)39(28,29)21-11-13-23(34-2)25(15-21)38-37-36-27/h3-16,27H,1-2H3,(H,30,31,32). The van der Waals surface area contributed by atoms with E-state index in [4.69, 9.17) is 19.5 Å². The van der Waals surface area contributed by atoms with E-state index in [1.165, 1.54) is 25.3 Å². The lowest BCUT2D eigenvalue weighted by Crippen LogP contribution is -2.07. The molecule has 0 aliphatic carbocycles. The van der Waals surface area contributed by atoms with Crippen molar-refractivity contribution in [2.45, 2.75) is 19.6 Å². The second-order valence-corrected chi connectivity index (χ2v) is 12.1. The highest BCUT2D eigenvalue weighted by atomic mass is 32.2. The molecule has 11 nitrogen and oxygen atoms in total. The van der Waals surface area contributed by atoms with Gasteiger partial charge in [0.15, 0.2) is 0 Å². The van der Waals surface area contributed by atoms with Gasteiger partial charge in [-0.3, -0.25) is 4.55 Å². The van der Waals surface area contributed by atoms with Crippen LogP contribution in [0.4, 0.5) is 0 Å². The number of hydrogen-bond acceptors (Lipinski definition) is 11. The molecule has 0 aliphatic rings. The minimum absolute atomic E-state index is 0.144. The maximum Gasteiger partial charge on any atom is 0.298 e. The quantitative estimate of drug-likeness (QED) is 0.0935. The first-order valence-electron chi connectivity index (χ1n) is 11.2. The van der Waals surface area contributed by atoms with Crippen molar-refractivity contribution in [2.24, 2.45) is 0 Å². The molecule has 0 spiro atoms. The van der Waals surface area contributed by atoms with Crippen LogP contribution in [0.25, 0.3) is 11.1 Å². The number of benzene rings is 4. The van der Waals surface area contributed by atoms with E-state index >= 15 is 0 Å². The third kappa shape index (κ3) is 6.56. The second-order valence-electron chi connectivity index (χ2n) is 7.98. The Morgan fingerprint density at radius 1 is 0.675 bits per heavy atom. The molecule has 4 aromatic carbocycles. The van der Waals surface area contributed by atoms with Crippen LogP contribution in [0, 0.1) is 0 Å². The number of methoxy groups -OCH3 is 2. The first-order valence-corrected chi connectivity index (χ1v) is 14.8. The molecule has 0 bridgehead atoms.